The van der Waals surface area contributed by atoms with E-state index in [2.05, 4.69) is 6.92 Å². The zero-order chi connectivity index (χ0) is 18.2. The number of amides is 1. The van der Waals surface area contributed by atoms with E-state index in [4.69, 9.17) is 9.47 Å². The second kappa shape index (κ2) is 9.44. The molecule has 0 radical (unpaired) electrons. The molecule has 0 N–H and O–H groups in total. The number of nitrogens with zero attached hydrogens (tertiary/aromatic N) is 1. The Morgan fingerprint density at radius 2 is 1.84 bits per heavy atom. The number of hydrogen-bond donors (Lipinski definition) is 0. The molecule has 0 spiro atoms. The topological polar surface area (TPSA) is 55.8 Å². The maximum absolute atomic E-state index is 12.8. The van der Waals surface area contributed by atoms with Crippen molar-refractivity contribution < 1.29 is 19.1 Å². The first-order chi connectivity index (χ1) is 12.0. The standard InChI is InChI=1S/C20H29NO4/c1-15-8-10-17(11-9-15)25-14-19(22)21(13-12-20(23)24-3)18-7-5-4-6-16(18)2/h8-11,16,18H,4-7,12-14H2,1-3H3. The van der Waals surface area contributed by atoms with Crippen molar-refractivity contribution in [1.29, 1.82) is 0 Å². The van der Waals surface area contributed by atoms with Gasteiger partial charge in [-0.2, -0.15) is 0 Å². The molecule has 1 fully saturated rings. The van der Waals surface area contributed by atoms with Crippen LogP contribution in [0.1, 0.15) is 44.6 Å². The minimum atomic E-state index is -0.291. The maximum atomic E-state index is 12.8. The third kappa shape index (κ3) is 5.76. The SMILES string of the molecule is COC(=O)CCN(C(=O)COc1ccc(C)cc1)C1CCCCC1C. The number of benzene rings is 1. The molecule has 25 heavy (non-hydrogen) atoms. The number of carbonyl (C=O) groups is 2. The summed E-state index contributed by atoms with van der Waals surface area (Å²) in [6.07, 6.45) is 4.65. The number of hydrogen-bond acceptors (Lipinski definition) is 4. The number of carbonyl (C=O) groups excluding carboxylic acids is 2. The van der Waals surface area contributed by atoms with Crippen molar-refractivity contribution in [3.63, 3.8) is 0 Å². The molecule has 1 aromatic carbocycles. The summed E-state index contributed by atoms with van der Waals surface area (Å²) >= 11 is 0. The lowest BCUT2D eigenvalue weighted by molar-refractivity contribution is -0.143. The van der Waals surface area contributed by atoms with Gasteiger partial charge in [0.25, 0.3) is 5.91 Å². The Kier molecular flexibility index (Phi) is 7.29. The van der Waals surface area contributed by atoms with Crippen molar-refractivity contribution in [2.24, 2.45) is 5.92 Å². The molecule has 1 aliphatic carbocycles. The highest BCUT2D eigenvalue weighted by Gasteiger charge is 2.30. The quantitative estimate of drug-likeness (QED) is 0.710. The minimum absolute atomic E-state index is 0.00649. The highest BCUT2D eigenvalue weighted by molar-refractivity contribution is 5.79. The van der Waals surface area contributed by atoms with Crippen molar-refractivity contribution >= 4 is 11.9 Å². The molecular formula is C20H29NO4. The summed E-state index contributed by atoms with van der Waals surface area (Å²) < 4.78 is 10.4. The van der Waals surface area contributed by atoms with Crippen LogP contribution in [0.3, 0.4) is 0 Å². The van der Waals surface area contributed by atoms with Gasteiger partial charge in [-0.3, -0.25) is 9.59 Å². The van der Waals surface area contributed by atoms with Crippen LogP contribution in [-0.4, -0.2) is 43.1 Å². The Morgan fingerprint density at radius 3 is 2.48 bits per heavy atom. The first kappa shape index (κ1) is 19.3. The van der Waals surface area contributed by atoms with Crippen LogP contribution in [0.4, 0.5) is 0 Å². The fraction of sp³-hybridized carbons (Fsp3) is 0.600. The van der Waals surface area contributed by atoms with Crippen LogP contribution >= 0.6 is 0 Å². The van der Waals surface area contributed by atoms with Crippen LogP contribution in [0.15, 0.2) is 24.3 Å². The van der Waals surface area contributed by atoms with Gasteiger partial charge < -0.3 is 14.4 Å². The zero-order valence-electron chi connectivity index (χ0n) is 15.5. The average molecular weight is 347 g/mol. The number of esters is 1. The Labute approximate surface area is 150 Å². The fourth-order valence-electron chi connectivity index (χ4n) is 3.41. The monoisotopic (exact) mass is 347 g/mol. The molecule has 1 saturated carbocycles. The van der Waals surface area contributed by atoms with E-state index in [0.29, 0.717) is 18.2 Å². The van der Waals surface area contributed by atoms with E-state index < -0.39 is 0 Å². The number of ether oxygens (including phenoxy) is 2. The number of aryl methyl sites for hydroxylation is 1. The van der Waals surface area contributed by atoms with E-state index in [9.17, 15) is 9.59 Å². The molecule has 0 bridgehead atoms. The second-order valence-corrected chi connectivity index (χ2v) is 6.84. The van der Waals surface area contributed by atoms with E-state index in [1.807, 2.05) is 36.1 Å². The van der Waals surface area contributed by atoms with Gasteiger partial charge in [0.2, 0.25) is 0 Å². The highest BCUT2D eigenvalue weighted by Crippen LogP contribution is 2.28. The summed E-state index contributed by atoms with van der Waals surface area (Å²) in [5, 5.41) is 0. The summed E-state index contributed by atoms with van der Waals surface area (Å²) in [4.78, 5) is 26.1. The third-order valence-electron chi connectivity index (χ3n) is 4.95. The number of methoxy groups -OCH3 is 1. The summed E-state index contributed by atoms with van der Waals surface area (Å²) in [5.74, 6) is 0.766. The zero-order valence-corrected chi connectivity index (χ0v) is 15.5. The van der Waals surface area contributed by atoms with Crippen LogP contribution in [0.5, 0.6) is 5.75 Å². The summed E-state index contributed by atoms with van der Waals surface area (Å²) in [6, 6.07) is 7.82. The molecule has 0 heterocycles. The van der Waals surface area contributed by atoms with E-state index in [1.54, 1.807) is 0 Å². The Hall–Kier alpha value is -2.04. The second-order valence-electron chi connectivity index (χ2n) is 6.84. The van der Waals surface area contributed by atoms with Gasteiger partial charge in [0.1, 0.15) is 5.75 Å². The molecule has 0 aromatic heterocycles. The largest absolute Gasteiger partial charge is 0.484 e. The average Bonchev–Trinajstić information content (AvgIpc) is 2.62. The van der Waals surface area contributed by atoms with Crippen molar-refractivity contribution in [1.82, 2.24) is 4.90 Å². The molecule has 5 nitrogen and oxygen atoms in total. The van der Waals surface area contributed by atoms with E-state index in [0.717, 1.165) is 24.8 Å². The highest BCUT2D eigenvalue weighted by atomic mass is 16.5. The van der Waals surface area contributed by atoms with Gasteiger partial charge in [-0.05, 0) is 37.8 Å². The predicted molar refractivity (Wildman–Crippen MR) is 96.4 cm³/mol. The van der Waals surface area contributed by atoms with Crippen molar-refractivity contribution in [2.45, 2.75) is 52.0 Å². The normalized spacial score (nSPS) is 20.0. The van der Waals surface area contributed by atoms with Gasteiger partial charge in [0.15, 0.2) is 6.61 Å². The minimum Gasteiger partial charge on any atom is -0.484 e. The van der Waals surface area contributed by atoms with Gasteiger partial charge >= 0.3 is 5.97 Å². The molecule has 138 valence electrons. The van der Waals surface area contributed by atoms with Crippen molar-refractivity contribution in [2.75, 3.05) is 20.3 Å². The Balaban J connectivity index is 2.00. The third-order valence-corrected chi connectivity index (χ3v) is 4.95. The first-order valence-electron chi connectivity index (χ1n) is 9.07. The summed E-state index contributed by atoms with van der Waals surface area (Å²) in [6.45, 7) is 4.57. The molecule has 0 saturated heterocycles. The molecule has 2 rings (SSSR count). The number of rotatable bonds is 7. The van der Waals surface area contributed by atoms with E-state index in [-0.39, 0.29) is 30.9 Å². The predicted octanol–water partition coefficient (Wildman–Crippen LogP) is 3.34. The lowest BCUT2D eigenvalue weighted by atomic mass is 9.84. The van der Waals surface area contributed by atoms with Crippen LogP contribution < -0.4 is 4.74 Å². The fourth-order valence-corrected chi connectivity index (χ4v) is 3.41. The van der Waals surface area contributed by atoms with E-state index in [1.165, 1.54) is 13.5 Å². The van der Waals surface area contributed by atoms with Gasteiger partial charge in [-0.25, -0.2) is 0 Å². The molecule has 1 aromatic rings. The first-order valence-corrected chi connectivity index (χ1v) is 9.07. The molecule has 1 amide bonds. The van der Waals surface area contributed by atoms with Crippen molar-refractivity contribution in [3.05, 3.63) is 29.8 Å². The van der Waals surface area contributed by atoms with Crippen molar-refractivity contribution in [3.8, 4) is 5.75 Å². The molecular weight excluding hydrogens is 318 g/mol. The van der Waals surface area contributed by atoms with Gasteiger partial charge in [0.05, 0.1) is 13.5 Å². The molecule has 1 aliphatic rings. The molecule has 0 aliphatic heterocycles. The molecule has 2 unspecified atom stereocenters. The van der Waals surface area contributed by atoms with Gasteiger partial charge in [-0.1, -0.05) is 37.5 Å². The maximum Gasteiger partial charge on any atom is 0.307 e. The van der Waals surface area contributed by atoms with Crippen LogP contribution in [-0.2, 0) is 14.3 Å². The van der Waals surface area contributed by atoms with Gasteiger partial charge in [0, 0.05) is 12.6 Å². The molecule has 5 heteroatoms. The summed E-state index contributed by atoms with van der Waals surface area (Å²) in [5.41, 5.74) is 1.15. The lowest BCUT2D eigenvalue weighted by Gasteiger charge is -2.38. The van der Waals surface area contributed by atoms with Crippen LogP contribution in [0.25, 0.3) is 0 Å². The Morgan fingerprint density at radius 1 is 1.16 bits per heavy atom. The Bertz CT molecular complexity index is 570. The van der Waals surface area contributed by atoms with Crippen LogP contribution in [0, 0.1) is 12.8 Å². The molecule has 2 atom stereocenters. The van der Waals surface area contributed by atoms with Gasteiger partial charge in [-0.15, -0.1) is 0 Å². The summed E-state index contributed by atoms with van der Waals surface area (Å²) in [7, 11) is 1.37. The lowest BCUT2D eigenvalue weighted by Crippen LogP contribution is -2.48. The smallest absolute Gasteiger partial charge is 0.307 e. The van der Waals surface area contributed by atoms with Crippen LogP contribution in [0.2, 0.25) is 0 Å². The van der Waals surface area contributed by atoms with E-state index >= 15 is 0 Å².